The van der Waals surface area contributed by atoms with E-state index in [2.05, 4.69) is 9.97 Å². The lowest BCUT2D eigenvalue weighted by Crippen LogP contribution is -2.53. The summed E-state index contributed by atoms with van der Waals surface area (Å²) in [7, 11) is 3.00. The van der Waals surface area contributed by atoms with E-state index in [4.69, 9.17) is 4.74 Å². The molecule has 2 aromatic rings. The molecule has 1 N–H and O–H groups in total. The standard InChI is InChI=1S/C21H30N6O5/c1-21(2)12-32-20(31)27(21)13-8-10-26(11-9-13)15(28)7-5-6-14-22-16-17(23-14)24(3)19(30)25(4)18(16)29/h13H,5-12H2,1-4H3,(H,22,23). The second kappa shape index (κ2) is 8.10. The van der Waals surface area contributed by atoms with Gasteiger partial charge in [-0.25, -0.2) is 14.6 Å². The van der Waals surface area contributed by atoms with Crippen molar-refractivity contribution in [1.82, 2.24) is 28.9 Å². The summed E-state index contributed by atoms with van der Waals surface area (Å²) < 4.78 is 7.59. The van der Waals surface area contributed by atoms with Gasteiger partial charge in [0.15, 0.2) is 5.65 Å². The summed E-state index contributed by atoms with van der Waals surface area (Å²) in [6.45, 7) is 5.63. The van der Waals surface area contributed by atoms with Gasteiger partial charge in [0.1, 0.15) is 17.9 Å². The maximum atomic E-state index is 12.7. The van der Waals surface area contributed by atoms with Gasteiger partial charge in [-0.1, -0.05) is 0 Å². The largest absolute Gasteiger partial charge is 0.447 e. The second-order valence-electron chi connectivity index (χ2n) is 9.29. The zero-order valence-electron chi connectivity index (χ0n) is 19.0. The summed E-state index contributed by atoms with van der Waals surface area (Å²) in [6, 6.07) is 0.0915. The SMILES string of the molecule is Cn1c(=O)c2[nH]c(CCCC(=O)N3CCC(N4C(=O)OCC4(C)C)CC3)nc2n(C)c1=O. The lowest BCUT2D eigenvalue weighted by molar-refractivity contribution is -0.132. The van der Waals surface area contributed by atoms with E-state index >= 15 is 0 Å². The lowest BCUT2D eigenvalue weighted by Gasteiger charge is -2.40. The number of nitrogens with one attached hydrogen (secondary N) is 1. The van der Waals surface area contributed by atoms with Gasteiger partial charge in [0, 0.05) is 46.1 Å². The van der Waals surface area contributed by atoms with Crippen molar-refractivity contribution in [2.24, 2.45) is 14.1 Å². The van der Waals surface area contributed by atoms with E-state index < -0.39 is 11.2 Å². The summed E-state index contributed by atoms with van der Waals surface area (Å²) in [5.41, 5.74) is -0.535. The summed E-state index contributed by atoms with van der Waals surface area (Å²) in [4.78, 5) is 60.1. The molecule has 0 atom stereocenters. The Kier molecular flexibility index (Phi) is 5.59. The van der Waals surface area contributed by atoms with E-state index in [1.54, 1.807) is 7.05 Å². The number of hydrogen-bond acceptors (Lipinski definition) is 6. The van der Waals surface area contributed by atoms with Gasteiger partial charge < -0.3 is 14.6 Å². The van der Waals surface area contributed by atoms with Crippen molar-refractivity contribution in [2.45, 2.75) is 57.5 Å². The van der Waals surface area contributed by atoms with Crippen molar-refractivity contribution in [3.05, 3.63) is 26.7 Å². The van der Waals surface area contributed by atoms with Crippen molar-refractivity contribution in [1.29, 1.82) is 0 Å². The number of hydrogen-bond donors (Lipinski definition) is 1. The first-order valence-electron chi connectivity index (χ1n) is 11.0. The minimum atomic E-state index is -0.426. The third kappa shape index (κ3) is 3.80. The molecule has 2 aliphatic rings. The van der Waals surface area contributed by atoms with Gasteiger partial charge >= 0.3 is 11.8 Å². The number of aryl methyl sites for hydroxylation is 2. The molecule has 174 valence electrons. The smallest absolute Gasteiger partial charge is 0.410 e. The fourth-order valence-electron chi connectivity index (χ4n) is 4.70. The molecule has 11 heteroatoms. The van der Waals surface area contributed by atoms with Crippen LogP contribution in [0.15, 0.2) is 9.59 Å². The number of amides is 2. The zero-order valence-corrected chi connectivity index (χ0v) is 19.0. The molecule has 2 saturated heterocycles. The Morgan fingerprint density at radius 3 is 2.47 bits per heavy atom. The highest BCUT2D eigenvalue weighted by Crippen LogP contribution is 2.30. The van der Waals surface area contributed by atoms with Crippen LogP contribution in [0.2, 0.25) is 0 Å². The summed E-state index contributed by atoms with van der Waals surface area (Å²) >= 11 is 0. The number of piperidine rings is 1. The van der Waals surface area contributed by atoms with Gasteiger partial charge in [-0.15, -0.1) is 0 Å². The molecule has 2 fully saturated rings. The number of likely N-dealkylation sites (tertiary alicyclic amines) is 1. The van der Waals surface area contributed by atoms with Crippen molar-refractivity contribution in [3.8, 4) is 0 Å². The predicted octanol–water partition coefficient (Wildman–Crippen LogP) is 0.505. The van der Waals surface area contributed by atoms with Crippen LogP contribution < -0.4 is 11.2 Å². The van der Waals surface area contributed by atoms with Crippen LogP contribution >= 0.6 is 0 Å². The molecule has 2 amide bonds. The fourth-order valence-corrected chi connectivity index (χ4v) is 4.70. The van der Waals surface area contributed by atoms with Gasteiger partial charge in [-0.2, -0.15) is 0 Å². The second-order valence-corrected chi connectivity index (χ2v) is 9.29. The Balaban J connectivity index is 1.31. The van der Waals surface area contributed by atoms with E-state index in [0.717, 1.165) is 17.4 Å². The normalized spacial score (nSPS) is 19.1. The number of H-pyrrole nitrogens is 1. The van der Waals surface area contributed by atoms with E-state index in [1.807, 2.05) is 23.6 Å². The van der Waals surface area contributed by atoms with Crippen molar-refractivity contribution >= 4 is 23.2 Å². The maximum Gasteiger partial charge on any atom is 0.410 e. The van der Waals surface area contributed by atoms with Crippen molar-refractivity contribution in [3.63, 3.8) is 0 Å². The third-order valence-electron chi connectivity index (χ3n) is 6.53. The number of aromatic nitrogens is 4. The number of carbonyl (C=O) groups excluding carboxylic acids is 2. The number of cyclic esters (lactones) is 1. The van der Waals surface area contributed by atoms with E-state index in [1.165, 1.54) is 11.6 Å². The zero-order chi connectivity index (χ0) is 23.2. The van der Waals surface area contributed by atoms with E-state index in [0.29, 0.717) is 55.9 Å². The number of carbonyl (C=O) groups is 2. The molecule has 2 aliphatic heterocycles. The Hall–Kier alpha value is -3.11. The molecular weight excluding hydrogens is 416 g/mol. The predicted molar refractivity (Wildman–Crippen MR) is 116 cm³/mol. The van der Waals surface area contributed by atoms with E-state index in [-0.39, 0.29) is 23.6 Å². The van der Waals surface area contributed by atoms with Crippen LogP contribution in [0.5, 0.6) is 0 Å². The van der Waals surface area contributed by atoms with Gasteiger partial charge in [-0.3, -0.25) is 23.6 Å². The van der Waals surface area contributed by atoms with E-state index in [9.17, 15) is 19.2 Å². The molecule has 4 heterocycles. The van der Waals surface area contributed by atoms with Crippen LogP contribution in [0.1, 0.15) is 45.4 Å². The highest BCUT2D eigenvalue weighted by molar-refractivity contribution is 5.76. The molecule has 32 heavy (non-hydrogen) atoms. The minimum absolute atomic E-state index is 0.0751. The highest BCUT2D eigenvalue weighted by Gasteiger charge is 2.44. The quantitative estimate of drug-likeness (QED) is 0.714. The molecule has 0 aliphatic carbocycles. The number of aromatic amines is 1. The summed E-state index contributed by atoms with van der Waals surface area (Å²) in [6.07, 6.45) is 2.67. The van der Waals surface area contributed by atoms with Crippen molar-refractivity contribution < 1.29 is 14.3 Å². The van der Waals surface area contributed by atoms with Gasteiger partial charge in [0.05, 0.1) is 5.54 Å². The van der Waals surface area contributed by atoms with Crippen LogP contribution in [0.25, 0.3) is 11.2 Å². The first-order chi connectivity index (χ1) is 15.1. The molecule has 11 nitrogen and oxygen atoms in total. The molecule has 0 unspecified atom stereocenters. The first-order valence-corrected chi connectivity index (χ1v) is 11.0. The third-order valence-corrected chi connectivity index (χ3v) is 6.53. The summed E-state index contributed by atoms with van der Waals surface area (Å²) in [5, 5.41) is 0. The minimum Gasteiger partial charge on any atom is -0.447 e. The number of ether oxygens (including phenoxy) is 1. The van der Waals surface area contributed by atoms with Crippen LogP contribution in [0, 0.1) is 0 Å². The molecular formula is C21H30N6O5. The Bertz CT molecular complexity index is 1170. The first kappa shape index (κ1) is 22.1. The monoisotopic (exact) mass is 446 g/mol. The Morgan fingerprint density at radius 2 is 1.84 bits per heavy atom. The highest BCUT2D eigenvalue weighted by atomic mass is 16.6. The van der Waals surface area contributed by atoms with Gasteiger partial charge in [0.2, 0.25) is 5.91 Å². The van der Waals surface area contributed by atoms with Crippen LogP contribution in [-0.2, 0) is 30.0 Å². The lowest BCUT2D eigenvalue weighted by atomic mass is 9.97. The Labute approximate surface area is 185 Å². The molecule has 4 rings (SSSR count). The van der Waals surface area contributed by atoms with Gasteiger partial charge in [0.25, 0.3) is 5.56 Å². The average Bonchev–Trinajstić information content (AvgIpc) is 3.31. The number of fused-ring (bicyclic) bond motifs is 1. The molecule has 2 aromatic heterocycles. The molecule has 0 bridgehead atoms. The average molecular weight is 447 g/mol. The fraction of sp³-hybridized carbons (Fsp3) is 0.667. The molecule has 0 radical (unpaired) electrons. The summed E-state index contributed by atoms with van der Waals surface area (Å²) in [5.74, 6) is 0.658. The van der Waals surface area contributed by atoms with Gasteiger partial charge in [-0.05, 0) is 33.1 Å². The van der Waals surface area contributed by atoms with Crippen LogP contribution in [0.4, 0.5) is 4.79 Å². The molecule has 0 aromatic carbocycles. The Morgan fingerprint density at radius 1 is 1.16 bits per heavy atom. The maximum absolute atomic E-state index is 12.7. The van der Waals surface area contributed by atoms with Crippen molar-refractivity contribution in [2.75, 3.05) is 19.7 Å². The number of nitrogens with zero attached hydrogens (tertiary/aromatic N) is 5. The van der Waals surface area contributed by atoms with Crippen LogP contribution in [0.3, 0.4) is 0 Å². The molecule has 0 spiro atoms. The topological polar surface area (TPSA) is 123 Å². The number of imidazole rings is 1. The molecule has 0 saturated carbocycles. The van der Waals surface area contributed by atoms with Crippen LogP contribution in [-0.4, -0.2) is 72.2 Å². The number of rotatable bonds is 5.